The summed E-state index contributed by atoms with van der Waals surface area (Å²) in [5.41, 5.74) is -0.373. The minimum atomic E-state index is -0.605. The van der Waals surface area contributed by atoms with Crippen molar-refractivity contribution in [1.29, 1.82) is 0 Å². The molecular weight excluding hydrogens is 296 g/mol. The Kier molecular flexibility index (Phi) is 2.34. The molecular formula is C18H14O5. The highest BCUT2D eigenvalue weighted by atomic mass is 16.6. The van der Waals surface area contributed by atoms with Crippen LogP contribution in [0.5, 0.6) is 0 Å². The molecule has 0 amide bonds. The molecule has 5 rings (SSSR count). The number of carbonyl (C=O) groups is 2. The Labute approximate surface area is 132 Å². The smallest absolute Gasteiger partial charge is 0.343 e. The Morgan fingerprint density at radius 3 is 2.78 bits per heavy atom. The second-order valence-corrected chi connectivity index (χ2v) is 6.50. The molecule has 2 fully saturated rings. The van der Waals surface area contributed by atoms with Gasteiger partial charge in [0.2, 0.25) is 11.5 Å². The summed E-state index contributed by atoms with van der Waals surface area (Å²) in [5, 5.41) is 0. The molecule has 4 aliphatic rings. The number of Topliss-reactive ketones (excluding diaryl/α,β-unsaturated/α-hetero) is 1. The van der Waals surface area contributed by atoms with Crippen molar-refractivity contribution in [3.05, 3.63) is 60.1 Å². The van der Waals surface area contributed by atoms with Gasteiger partial charge in [-0.3, -0.25) is 4.79 Å². The number of fused-ring (bicyclic) bond motifs is 1. The van der Waals surface area contributed by atoms with Gasteiger partial charge in [-0.05, 0) is 12.1 Å². The van der Waals surface area contributed by atoms with E-state index in [-0.39, 0.29) is 28.8 Å². The Balaban J connectivity index is 1.42. The topological polar surface area (TPSA) is 61.8 Å². The number of ether oxygens (including phenoxy) is 3. The second kappa shape index (κ2) is 4.11. The molecule has 0 N–H and O–H groups in total. The van der Waals surface area contributed by atoms with Crippen LogP contribution in [-0.2, 0) is 19.0 Å². The second-order valence-electron chi connectivity index (χ2n) is 6.50. The predicted molar refractivity (Wildman–Crippen MR) is 78.1 cm³/mol. The lowest BCUT2D eigenvalue weighted by atomic mass is 9.39. The van der Waals surface area contributed by atoms with Gasteiger partial charge in [0.15, 0.2) is 5.60 Å². The van der Waals surface area contributed by atoms with Crippen molar-refractivity contribution in [3.8, 4) is 0 Å². The first kappa shape index (κ1) is 13.1. The van der Waals surface area contributed by atoms with Gasteiger partial charge >= 0.3 is 5.97 Å². The summed E-state index contributed by atoms with van der Waals surface area (Å²) in [5.74, 6) is -0.941. The molecule has 1 saturated carbocycles. The zero-order chi connectivity index (χ0) is 15.7. The average Bonchev–Trinajstić information content (AvgIpc) is 2.92. The molecule has 23 heavy (non-hydrogen) atoms. The van der Waals surface area contributed by atoms with E-state index >= 15 is 0 Å². The van der Waals surface area contributed by atoms with E-state index < -0.39 is 11.6 Å². The quantitative estimate of drug-likeness (QED) is 0.616. The third kappa shape index (κ3) is 1.37. The zero-order valence-corrected chi connectivity index (χ0v) is 12.2. The summed E-state index contributed by atoms with van der Waals surface area (Å²) < 4.78 is 16.8. The lowest BCUT2D eigenvalue weighted by Crippen LogP contribution is -2.76. The molecule has 2 spiro atoms. The fraction of sp³-hybridized carbons (Fsp3) is 0.333. The van der Waals surface area contributed by atoms with Crippen LogP contribution in [0.4, 0.5) is 0 Å². The summed E-state index contributed by atoms with van der Waals surface area (Å²) >= 11 is 0. The van der Waals surface area contributed by atoms with Crippen molar-refractivity contribution < 1.29 is 23.8 Å². The lowest BCUT2D eigenvalue weighted by Gasteiger charge is -2.66. The Morgan fingerprint density at radius 1 is 1.22 bits per heavy atom. The monoisotopic (exact) mass is 310 g/mol. The van der Waals surface area contributed by atoms with Crippen LogP contribution < -0.4 is 0 Å². The molecule has 1 aromatic rings. The van der Waals surface area contributed by atoms with Crippen molar-refractivity contribution in [2.75, 3.05) is 13.2 Å². The summed E-state index contributed by atoms with van der Waals surface area (Å²) in [6.45, 7) is 0.992. The molecule has 2 aliphatic heterocycles. The first-order valence-electron chi connectivity index (χ1n) is 7.64. The predicted octanol–water partition coefficient (Wildman–Crippen LogP) is 1.86. The van der Waals surface area contributed by atoms with E-state index in [9.17, 15) is 9.59 Å². The largest absolute Gasteiger partial charge is 0.487 e. The van der Waals surface area contributed by atoms with E-state index in [1.807, 2.05) is 12.1 Å². The number of hydrogen-bond acceptors (Lipinski definition) is 5. The molecule has 1 aromatic carbocycles. The molecule has 1 saturated heterocycles. The number of allylic oxidation sites excluding steroid dienone is 2. The third-order valence-electron chi connectivity index (χ3n) is 5.62. The van der Waals surface area contributed by atoms with Crippen molar-refractivity contribution >= 4 is 11.8 Å². The van der Waals surface area contributed by atoms with Crippen molar-refractivity contribution in [2.45, 2.75) is 5.60 Å². The molecule has 0 unspecified atom stereocenters. The maximum Gasteiger partial charge on any atom is 0.343 e. The molecule has 2 heterocycles. The van der Waals surface area contributed by atoms with E-state index in [2.05, 4.69) is 6.08 Å². The molecule has 5 heteroatoms. The van der Waals surface area contributed by atoms with Gasteiger partial charge in [-0.15, -0.1) is 0 Å². The summed E-state index contributed by atoms with van der Waals surface area (Å²) in [7, 11) is 0. The van der Waals surface area contributed by atoms with E-state index in [0.29, 0.717) is 18.8 Å². The van der Waals surface area contributed by atoms with Crippen LogP contribution in [0, 0.1) is 17.3 Å². The highest BCUT2D eigenvalue weighted by Gasteiger charge is 2.81. The first-order chi connectivity index (χ1) is 11.2. The maximum absolute atomic E-state index is 12.8. The molecule has 0 aromatic heterocycles. The Morgan fingerprint density at radius 2 is 2.04 bits per heavy atom. The van der Waals surface area contributed by atoms with E-state index in [1.54, 1.807) is 24.3 Å². The van der Waals surface area contributed by atoms with Crippen LogP contribution in [0.3, 0.4) is 0 Å². The van der Waals surface area contributed by atoms with Gasteiger partial charge in [-0.1, -0.05) is 30.4 Å². The minimum Gasteiger partial charge on any atom is -0.487 e. The number of hydrogen-bond donors (Lipinski definition) is 0. The van der Waals surface area contributed by atoms with Crippen LogP contribution in [0.15, 0.2) is 54.5 Å². The van der Waals surface area contributed by atoms with Crippen LogP contribution in [-0.4, -0.2) is 30.6 Å². The number of carbonyl (C=O) groups excluding carboxylic acids is 2. The Hall–Kier alpha value is -2.40. The highest BCUT2D eigenvalue weighted by molar-refractivity contribution is 6.02. The van der Waals surface area contributed by atoms with Gasteiger partial charge < -0.3 is 14.2 Å². The van der Waals surface area contributed by atoms with E-state index in [0.717, 1.165) is 0 Å². The zero-order valence-electron chi connectivity index (χ0n) is 12.2. The highest BCUT2D eigenvalue weighted by Crippen LogP contribution is 2.71. The molecule has 4 atom stereocenters. The SMILES string of the molecule is O=C(OC1=CO[C@]23COC[C@]24C=C[C@@H]4[C@@H]3C1=O)c1ccccc1. The van der Waals surface area contributed by atoms with Crippen LogP contribution >= 0.6 is 0 Å². The van der Waals surface area contributed by atoms with Gasteiger partial charge in [0.1, 0.15) is 6.26 Å². The normalized spacial score (nSPS) is 39.0. The third-order valence-corrected chi connectivity index (χ3v) is 5.62. The number of ketones is 1. The van der Waals surface area contributed by atoms with Crippen LogP contribution in [0.25, 0.3) is 0 Å². The number of rotatable bonds is 2. The average molecular weight is 310 g/mol. The summed E-state index contributed by atoms with van der Waals surface area (Å²) in [6.07, 6.45) is 5.41. The minimum absolute atomic E-state index is 0.0183. The van der Waals surface area contributed by atoms with Crippen molar-refractivity contribution in [1.82, 2.24) is 0 Å². The van der Waals surface area contributed by atoms with Crippen molar-refractivity contribution in [2.24, 2.45) is 17.3 Å². The molecule has 116 valence electrons. The number of benzene rings is 1. The molecule has 0 radical (unpaired) electrons. The Bertz CT molecular complexity index is 780. The fourth-order valence-corrected chi connectivity index (χ4v) is 4.39. The molecule has 5 nitrogen and oxygen atoms in total. The molecule has 0 bridgehead atoms. The fourth-order valence-electron chi connectivity index (χ4n) is 4.39. The van der Waals surface area contributed by atoms with Crippen LogP contribution in [0.2, 0.25) is 0 Å². The standard InChI is InChI=1S/C18H14O5/c19-15-13(23-16(20)11-4-2-1-3-5-11)8-22-18-10-21-9-17(18)7-6-12(17)14(15)18/h1-8,12,14H,9-10H2/t12-,14-,17+,18+/m1/s1. The summed E-state index contributed by atoms with van der Waals surface area (Å²) in [4.78, 5) is 24.9. The first-order valence-corrected chi connectivity index (χ1v) is 7.64. The maximum atomic E-state index is 12.8. The van der Waals surface area contributed by atoms with E-state index in [1.165, 1.54) is 6.26 Å². The van der Waals surface area contributed by atoms with Gasteiger partial charge in [0.05, 0.1) is 30.1 Å². The number of esters is 1. The van der Waals surface area contributed by atoms with Gasteiger partial charge in [-0.2, -0.15) is 0 Å². The van der Waals surface area contributed by atoms with Gasteiger partial charge in [-0.25, -0.2) is 4.79 Å². The van der Waals surface area contributed by atoms with Gasteiger partial charge in [0, 0.05) is 5.92 Å². The van der Waals surface area contributed by atoms with Crippen LogP contribution in [0.1, 0.15) is 10.4 Å². The molecule has 2 aliphatic carbocycles. The van der Waals surface area contributed by atoms with Crippen molar-refractivity contribution in [3.63, 3.8) is 0 Å². The lowest BCUT2D eigenvalue weighted by molar-refractivity contribution is -0.219. The van der Waals surface area contributed by atoms with E-state index in [4.69, 9.17) is 14.2 Å². The summed E-state index contributed by atoms with van der Waals surface area (Å²) in [6, 6.07) is 8.59. The van der Waals surface area contributed by atoms with Gasteiger partial charge in [0.25, 0.3) is 0 Å².